The van der Waals surface area contributed by atoms with E-state index in [-0.39, 0.29) is 11.2 Å². The smallest absolute Gasteiger partial charge is 0.399 e. The molecule has 0 saturated carbocycles. The average molecular weight is 358 g/mol. The second-order valence-corrected chi connectivity index (χ2v) is 7.77. The maximum Gasteiger partial charge on any atom is 0.494 e. The second-order valence-electron chi connectivity index (χ2n) is 7.77. The molecule has 27 heavy (non-hydrogen) atoms. The summed E-state index contributed by atoms with van der Waals surface area (Å²) < 4.78 is 12.5. The van der Waals surface area contributed by atoms with E-state index in [0.717, 1.165) is 11.0 Å². The van der Waals surface area contributed by atoms with Gasteiger partial charge in [0.2, 0.25) is 0 Å². The summed E-state index contributed by atoms with van der Waals surface area (Å²) in [4.78, 5) is 0. The summed E-state index contributed by atoms with van der Waals surface area (Å²) in [6.07, 6.45) is 10.3. The van der Waals surface area contributed by atoms with E-state index in [9.17, 15) is 0 Å². The average Bonchev–Trinajstić information content (AvgIpc) is 2.87. The fourth-order valence-corrected chi connectivity index (χ4v) is 2.81. The van der Waals surface area contributed by atoms with Gasteiger partial charge in [0.15, 0.2) is 0 Å². The molecule has 2 aromatic carbocycles. The molecule has 138 valence electrons. The lowest BCUT2D eigenvalue weighted by Gasteiger charge is -2.32. The van der Waals surface area contributed by atoms with E-state index in [4.69, 9.17) is 9.31 Å². The molecule has 0 aliphatic carbocycles. The molecule has 0 spiro atoms. The van der Waals surface area contributed by atoms with E-state index in [1.165, 1.54) is 5.56 Å². The minimum absolute atomic E-state index is 0.360. The molecule has 1 saturated heterocycles. The Morgan fingerprint density at radius 3 is 1.81 bits per heavy atom. The lowest BCUT2D eigenvalue weighted by Crippen LogP contribution is -2.41. The van der Waals surface area contributed by atoms with E-state index in [1.807, 2.05) is 48.6 Å². The summed E-state index contributed by atoms with van der Waals surface area (Å²) in [7, 11) is -0.392. The van der Waals surface area contributed by atoms with Crippen LogP contribution in [0.2, 0.25) is 0 Å². The third-order valence-electron chi connectivity index (χ3n) is 5.15. The molecule has 1 aliphatic heterocycles. The van der Waals surface area contributed by atoms with Gasteiger partial charge in [-0.2, -0.15) is 0 Å². The quantitative estimate of drug-likeness (QED) is 0.484. The molecular formula is C24H27BO2. The van der Waals surface area contributed by atoms with Crippen LogP contribution in [-0.2, 0) is 9.31 Å². The van der Waals surface area contributed by atoms with Gasteiger partial charge in [0.1, 0.15) is 0 Å². The first-order valence-electron chi connectivity index (χ1n) is 9.39. The van der Waals surface area contributed by atoms with Gasteiger partial charge in [-0.15, -0.1) is 0 Å². The first-order valence-corrected chi connectivity index (χ1v) is 9.39. The normalized spacial score (nSPS) is 19.3. The molecule has 0 bridgehead atoms. The fourth-order valence-electron chi connectivity index (χ4n) is 2.81. The zero-order valence-electron chi connectivity index (χ0n) is 16.6. The Morgan fingerprint density at radius 2 is 1.26 bits per heavy atom. The maximum absolute atomic E-state index is 6.25. The first kappa shape index (κ1) is 19.4. The zero-order valence-corrected chi connectivity index (χ0v) is 16.6. The van der Waals surface area contributed by atoms with Crippen LogP contribution in [-0.4, -0.2) is 18.3 Å². The van der Waals surface area contributed by atoms with Crippen LogP contribution >= 0.6 is 0 Å². The molecule has 0 unspecified atom stereocenters. The predicted molar refractivity (Wildman–Crippen MR) is 115 cm³/mol. The Kier molecular flexibility index (Phi) is 5.84. The molecule has 1 heterocycles. The Hall–Kier alpha value is -2.36. The summed E-state index contributed by atoms with van der Waals surface area (Å²) in [6, 6.07) is 20.5. The van der Waals surface area contributed by atoms with Gasteiger partial charge >= 0.3 is 7.12 Å². The molecule has 0 N–H and O–H groups in total. The Morgan fingerprint density at radius 1 is 0.741 bits per heavy atom. The van der Waals surface area contributed by atoms with Crippen LogP contribution in [0, 0.1) is 0 Å². The van der Waals surface area contributed by atoms with Crippen LogP contribution in [0.5, 0.6) is 0 Å². The highest BCUT2D eigenvalue weighted by atomic mass is 16.7. The van der Waals surface area contributed by atoms with Crippen molar-refractivity contribution in [1.82, 2.24) is 0 Å². The molecule has 0 aromatic heterocycles. The van der Waals surface area contributed by atoms with Crippen molar-refractivity contribution in [3.05, 3.63) is 95.5 Å². The largest absolute Gasteiger partial charge is 0.494 e. The Balaban J connectivity index is 1.84. The lowest BCUT2D eigenvalue weighted by atomic mass is 9.77. The highest BCUT2D eigenvalue weighted by molar-refractivity contribution is 6.56. The van der Waals surface area contributed by atoms with Crippen molar-refractivity contribution in [2.45, 2.75) is 38.9 Å². The Bertz CT molecular complexity index is 817. The van der Waals surface area contributed by atoms with Crippen molar-refractivity contribution >= 4 is 19.3 Å². The third kappa shape index (κ3) is 4.88. The standard InChI is InChI=1S/C24H27BO2/c1-23(2)24(3,4)27-25(26-23)22(19-21-16-9-6-10-17-21)18-12-11-15-20-13-7-5-8-14-20/h5-19H,1-4H3/b15-11+,18-12+,22-19-. The number of hydrogen-bond donors (Lipinski definition) is 0. The fraction of sp³-hybridized carbons (Fsp3) is 0.250. The van der Waals surface area contributed by atoms with E-state index >= 15 is 0 Å². The van der Waals surface area contributed by atoms with E-state index < -0.39 is 7.12 Å². The Labute approximate surface area is 163 Å². The minimum Gasteiger partial charge on any atom is -0.399 e. The van der Waals surface area contributed by atoms with Crippen LogP contribution in [0.4, 0.5) is 0 Å². The summed E-state index contributed by atoms with van der Waals surface area (Å²) in [5.74, 6) is 0. The van der Waals surface area contributed by atoms with Gasteiger partial charge in [-0.05, 0) is 44.3 Å². The first-order chi connectivity index (χ1) is 12.9. The lowest BCUT2D eigenvalue weighted by molar-refractivity contribution is 0.00578. The van der Waals surface area contributed by atoms with Crippen LogP contribution in [0.25, 0.3) is 12.2 Å². The summed E-state index contributed by atoms with van der Waals surface area (Å²) in [5.41, 5.74) is 2.57. The van der Waals surface area contributed by atoms with Crippen molar-refractivity contribution in [3.63, 3.8) is 0 Å². The molecule has 3 rings (SSSR count). The maximum atomic E-state index is 6.25. The third-order valence-corrected chi connectivity index (χ3v) is 5.15. The zero-order chi connectivity index (χ0) is 19.3. The number of allylic oxidation sites excluding steroid dienone is 4. The number of hydrogen-bond acceptors (Lipinski definition) is 2. The molecule has 0 amide bonds. The highest BCUT2D eigenvalue weighted by Gasteiger charge is 2.51. The second kappa shape index (κ2) is 8.12. The summed E-state index contributed by atoms with van der Waals surface area (Å²) >= 11 is 0. The molecule has 3 heteroatoms. The van der Waals surface area contributed by atoms with Gasteiger partial charge in [0.05, 0.1) is 11.2 Å². The SMILES string of the molecule is CC1(C)OB(C(/C=C/C=C/c2ccccc2)=C\c2ccccc2)OC1(C)C. The molecule has 0 radical (unpaired) electrons. The van der Waals surface area contributed by atoms with Gasteiger partial charge in [-0.25, -0.2) is 0 Å². The van der Waals surface area contributed by atoms with Crippen molar-refractivity contribution in [1.29, 1.82) is 0 Å². The summed E-state index contributed by atoms with van der Waals surface area (Å²) in [5, 5.41) is 0. The predicted octanol–water partition coefficient (Wildman–Crippen LogP) is 5.97. The van der Waals surface area contributed by atoms with Gasteiger partial charge in [-0.1, -0.05) is 91.0 Å². The van der Waals surface area contributed by atoms with Gasteiger partial charge < -0.3 is 9.31 Å². The van der Waals surface area contributed by atoms with E-state index in [0.29, 0.717) is 0 Å². The minimum atomic E-state index is -0.392. The van der Waals surface area contributed by atoms with Crippen molar-refractivity contribution < 1.29 is 9.31 Å². The van der Waals surface area contributed by atoms with E-state index in [2.05, 4.69) is 70.2 Å². The highest BCUT2D eigenvalue weighted by Crippen LogP contribution is 2.39. The molecule has 0 atom stereocenters. The van der Waals surface area contributed by atoms with Gasteiger partial charge in [0.25, 0.3) is 0 Å². The molecule has 2 aromatic rings. The van der Waals surface area contributed by atoms with Crippen molar-refractivity contribution in [3.8, 4) is 0 Å². The number of rotatable bonds is 5. The van der Waals surface area contributed by atoms with Crippen molar-refractivity contribution in [2.75, 3.05) is 0 Å². The number of benzene rings is 2. The van der Waals surface area contributed by atoms with Crippen LogP contribution in [0.15, 0.2) is 84.4 Å². The summed E-state index contributed by atoms with van der Waals surface area (Å²) in [6.45, 7) is 8.30. The molecular weight excluding hydrogens is 331 g/mol. The van der Waals surface area contributed by atoms with Gasteiger partial charge in [-0.3, -0.25) is 0 Å². The van der Waals surface area contributed by atoms with Crippen LogP contribution in [0.3, 0.4) is 0 Å². The topological polar surface area (TPSA) is 18.5 Å². The molecule has 1 aliphatic rings. The molecule has 2 nitrogen and oxygen atoms in total. The monoisotopic (exact) mass is 358 g/mol. The van der Waals surface area contributed by atoms with Crippen LogP contribution < -0.4 is 0 Å². The van der Waals surface area contributed by atoms with Crippen molar-refractivity contribution in [2.24, 2.45) is 0 Å². The van der Waals surface area contributed by atoms with Crippen LogP contribution in [0.1, 0.15) is 38.8 Å². The van der Waals surface area contributed by atoms with E-state index in [1.54, 1.807) is 0 Å². The van der Waals surface area contributed by atoms with Gasteiger partial charge in [0, 0.05) is 0 Å². The molecule has 1 fully saturated rings.